The molecule has 0 bridgehead atoms. The van der Waals surface area contributed by atoms with Gasteiger partial charge >= 0.3 is 0 Å². The van der Waals surface area contributed by atoms with Crippen molar-refractivity contribution in [2.45, 2.75) is 6.92 Å². The van der Waals surface area contributed by atoms with Gasteiger partial charge in [-0.1, -0.05) is 15.9 Å². The topological polar surface area (TPSA) is 63.2 Å². The van der Waals surface area contributed by atoms with Gasteiger partial charge in [-0.3, -0.25) is 9.78 Å². The normalized spacial score (nSPS) is 10.1. The third-order valence-electron chi connectivity index (χ3n) is 2.96. The van der Waals surface area contributed by atoms with Gasteiger partial charge in [0.15, 0.2) is 0 Å². The Hall–Kier alpha value is -2.08. The van der Waals surface area contributed by atoms with Crippen LogP contribution in [0, 0.1) is 6.92 Å². The number of rotatable bonds is 4. The molecule has 0 aliphatic carbocycles. The second kappa shape index (κ2) is 6.58. The lowest BCUT2D eigenvalue weighted by Gasteiger charge is -2.13. The number of hydrogen-bond acceptors (Lipinski definition) is 4. The summed E-state index contributed by atoms with van der Waals surface area (Å²) in [4.78, 5) is 16.6. The smallest absolute Gasteiger partial charge is 0.259 e. The molecule has 1 amide bonds. The maximum atomic E-state index is 12.4. The highest BCUT2D eigenvalue weighted by Gasteiger charge is 2.14. The first kappa shape index (κ1) is 15.3. The van der Waals surface area contributed by atoms with Gasteiger partial charge in [0.1, 0.15) is 5.75 Å². The van der Waals surface area contributed by atoms with Gasteiger partial charge in [-0.05, 0) is 31.2 Å². The molecule has 0 atom stereocenters. The van der Waals surface area contributed by atoms with Gasteiger partial charge in [-0.25, -0.2) is 0 Å². The Bertz CT molecular complexity index is 674. The molecular formula is C15H16BrN3O2. The maximum absolute atomic E-state index is 12.4. The van der Waals surface area contributed by atoms with E-state index in [4.69, 9.17) is 4.74 Å². The predicted molar refractivity (Wildman–Crippen MR) is 87.2 cm³/mol. The first-order valence-corrected chi connectivity index (χ1v) is 7.13. The Morgan fingerprint density at radius 2 is 2.05 bits per heavy atom. The molecule has 0 aliphatic heterocycles. The zero-order valence-electron chi connectivity index (χ0n) is 12.0. The summed E-state index contributed by atoms with van der Waals surface area (Å²) in [7, 11) is 3.33. The first-order chi connectivity index (χ1) is 10.0. The molecule has 2 rings (SSSR count). The number of pyridine rings is 1. The van der Waals surface area contributed by atoms with Crippen LogP contribution in [0.1, 0.15) is 16.1 Å². The van der Waals surface area contributed by atoms with Crippen LogP contribution in [0.25, 0.3) is 0 Å². The summed E-state index contributed by atoms with van der Waals surface area (Å²) in [6.07, 6.45) is 1.56. The van der Waals surface area contributed by atoms with Crippen molar-refractivity contribution in [3.8, 4) is 5.75 Å². The second-order valence-corrected chi connectivity index (χ2v) is 5.34. The van der Waals surface area contributed by atoms with Crippen molar-refractivity contribution in [3.63, 3.8) is 0 Å². The Morgan fingerprint density at radius 1 is 1.29 bits per heavy atom. The van der Waals surface area contributed by atoms with Crippen molar-refractivity contribution in [1.82, 2.24) is 4.98 Å². The van der Waals surface area contributed by atoms with Crippen LogP contribution in [0.2, 0.25) is 0 Å². The number of carbonyl (C=O) groups is 1. The highest BCUT2D eigenvalue weighted by molar-refractivity contribution is 9.10. The molecule has 0 spiro atoms. The van der Waals surface area contributed by atoms with E-state index in [9.17, 15) is 4.79 Å². The van der Waals surface area contributed by atoms with Crippen LogP contribution in [0.5, 0.6) is 5.75 Å². The number of hydrogen-bond donors (Lipinski definition) is 2. The minimum Gasteiger partial charge on any atom is -0.495 e. The molecule has 1 heterocycles. The van der Waals surface area contributed by atoms with Crippen molar-refractivity contribution in [2.75, 3.05) is 24.8 Å². The minimum atomic E-state index is -0.247. The lowest BCUT2D eigenvalue weighted by Crippen LogP contribution is -2.15. The number of methoxy groups -OCH3 is 1. The molecular weight excluding hydrogens is 334 g/mol. The summed E-state index contributed by atoms with van der Waals surface area (Å²) in [5.74, 6) is 0.348. The number of nitrogens with one attached hydrogen (secondary N) is 2. The molecule has 1 aromatic heterocycles. The van der Waals surface area contributed by atoms with Crippen molar-refractivity contribution < 1.29 is 9.53 Å². The van der Waals surface area contributed by atoms with Gasteiger partial charge in [0, 0.05) is 23.4 Å². The van der Waals surface area contributed by atoms with E-state index in [1.165, 1.54) is 0 Å². The summed E-state index contributed by atoms with van der Waals surface area (Å²) >= 11 is 3.38. The van der Waals surface area contributed by atoms with Gasteiger partial charge in [0.25, 0.3) is 5.91 Å². The highest BCUT2D eigenvalue weighted by atomic mass is 79.9. The Morgan fingerprint density at radius 3 is 2.71 bits per heavy atom. The maximum Gasteiger partial charge on any atom is 0.259 e. The predicted octanol–water partition coefficient (Wildman–Crippen LogP) is 3.46. The average molecular weight is 350 g/mol. The third-order valence-corrected chi connectivity index (χ3v) is 3.46. The zero-order chi connectivity index (χ0) is 15.4. The standard InChI is InChI=1S/C15H16BrN3O2/c1-9-6-12(17-2)11(8-18-9)15(20)19-13-7-10(16)4-5-14(13)21-3/h4-8H,1-3H3,(H,17,18)(H,19,20). The SMILES string of the molecule is CNc1cc(C)ncc1C(=O)Nc1cc(Br)ccc1OC. The van der Waals surface area contributed by atoms with Gasteiger partial charge < -0.3 is 15.4 Å². The van der Waals surface area contributed by atoms with E-state index in [0.717, 1.165) is 15.9 Å². The molecule has 0 aliphatic rings. The molecule has 6 heteroatoms. The summed E-state index contributed by atoms with van der Waals surface area (Å²) in [6, 6.07) is 7.25. The van der Waals surface area contributed by atoms with E-state index in [2.05, 4.69) is 31.5 Å². The summed E-state index contributed by atoms with van der Waals surface area (Å²) < 4.78 is 6.10. The molecule has 1 aromatic carbocycles. The highest BCUT2D eigenvalue weighted by Crippen LogP contribution is 2.29. The molecule has 0 unspecified atom stereocenters. The van der Waals surface area contributed by atoms with Crippen molar-refractivity contribution in [1.29, 1.82) is 0 Å². The Balaban J connectivity index is 2.32. The number of aromatic nitrogens is 1. The number of aryl methyl sites for hydroxylation is 1. The van der Waals surface area contributed by atoms with Crippen molar-refractivity contribution >= 4 is 33.2 Å². The van der Waals surface area contributed by atoms with Crippen LogP contribution < -0.4 is 15.4 Å². The second-order valence-electron chi connectivity index (χ2n) is 4.42. The van der Waals surface area contributed by atoms with Crippen LogP contribution >= 0.6 is 15.9 Å². The van der Waals surface area contributed by atoms with E-state index < -0.39 is 0 Å². The number of carbonyl (C=O) groups excluding carboxylic acids is 1. The molecule has 110 valence electrons. The monoisotopic (exact) mass is 349 g/mol. The molecule has 5 nitrogen and oxygen atoms in total. The fraction of sp³-hybridized carbons (Fsp3) is 0.200. The molecule has 0 radical (unpaired) electrons. The van der Waals surface area contributed by atoms with E-state index in [-0.39, 0.29) is 5.91 Å². The van der Waals surface area contributed by atoms with Gasteiger partial charge in [-0.15, -0.1) is 0 Å². The van der Waals surface area contributed by atoms with Crippen molar-refractivity contribution in [3.05, 3.63) is 46.2 Å². The molecule has 2 aromatic rings. The summed E-state index contributed by atoms with van der Waals surface area (Å²) in [6.45, 7) is 1.87. The van der Waals surface area contributed by atoms with E-state index in [0.29, 0.717) is 17.0 Å². The fourth-order valence-corrected chi connectivity index (χ4v) is 2.28. The summed E-state index contributed by atoms with van der Waals surface area (Å²) in [5.41, 5.74) is 2.65. The number of halogens is 1. The largest absolute Gasteiger partial charge is 0.495 e. The number of anilines is 2. The van der Waals surface area contributed by atoms with Gasteiger partial charge in [0.2, 0.25) is 0 Å². The minimum absolute atomic E-state index is 0.247. The quantitative estimate of drug-likeness (QED) is 0.887. The lowest BCUT2D eigenvalue weighted by atomic mass is 10.2. The molecule has 0 saturated heterocycles. The van der Waals surface area contributed by atoms with Crippen LogP contribution in [0.4, 0.5) is 11.4 Å². The Labute approximate surface area is 131 Å². The van der Waals surface area contributed by atoms with E-state index in [1.807, 2.05) is 19.1 Å². The van der Waals surface area contributed by atoms with Crippen molar-refractivity contribution in [2.24, 2.45) is 0 Å². The lowest BCUT2D eigenvalue weighted by molar-refractivity contribution is 0.102. The number of benzene rings is 1. The van der Waals surface area contributed by atoms with Gasteiger partial charge in [-0.2, -0.15) is 0 Å². The van der Waals surface area contributed by atoms with Crippen LogP contribution in [-0.2, 0) is 0 Å². The van der Waals surface area contributed by atoms with Crippen LogP contribution in [-0.4, -0.2) is 25.0 Å². The van der Waals surface area contributed by atoms with E-state index in [1.54, 1.807) is 32.5 Å². The van der Waals surface area contributed by atoms with Gasteiger partial charge in [0.05, 0.1) is 24.0 Å². The average Bonchev–Trinajstić information content (AvgIpc) is 2.47. The van der Waals surface area contributed by atoms with E-state index >= 15 is 0 Å². The third kappa shape index (κ3) is 3.52. The zero-order valence-corrected chi connectivity index (χ0v) is 13.6. The molecule has 0 saturated carbocycles. The van der Waals surface area contributed by atoms with Crippen LogP contribution in [0.15, 0.2) is 34.9 Å². The Kier molecular flexibility index (Phi) is 4.80. The summed E-state index contributed by atoms with van der Waals surface area (Å²) in [5, 5.41) is 5.84. The molecule has 21 heavy (non-hydrogen) atoms. The molecule has 0 fully saturated rings. The first-order valence-electron chi connectivity index (χ1n) is 6.34. The number of nitrogens with zero attached hydrogens (tertiary/aromatic N) is 1. The molecule has 2 N–H and O–H groups in total. The number of ether oxygens (including phenoxy) is 1. The fourth-order valence-electron chi connectivity index (χ4n) is 1.92. The number of amides is 1. The van der Waals surface area contributed by atoms with Crippen LogP contribution in [0.3, 0.4) is 0 Å².